The van der Waals surface area contributed by atoms with Crippen molar-refractivity contribution in [2.75, 3.05) is 17.7 Å². The van der Waals surface area contributed by atoms with Gasteiger partial charge in [0.15, 0.2) is 5.16 Å². The van der Waals surface area contributed by atoms with Crippen molar-refractivity contribution in [3.8, 4) is 0 Å². The number of anilines is 1. The normalized spacial score (nSPS) is 11.6. The lowest BCUT2D eigenvalue weighted by molar-refractivity contribution is -0.153. The highest BCUT2D eigenvalue weighted by Crippen LogP contribution is 2.28. The van der Waals surface area contributed by atoms with Gasteiger partial charge in [0, 0.05) is 19.7 Å². The highest BCUT2D eigenvalue weighted by molar-refractivity contribution is 7.99. The van der Waals surface area contributed by atoms with E-state index in [1.807, 2.05) is 27.7 Å². The fourth-order valence-corrected chi connectivity index (χ4v) is 2.43. The molecule has 124 valence electrons. The van der Waals surface area contributed by atoms with Crippen LogP contribution in [-0.2, 0) is 21.4 Å². The summed E-state index contributed by atoms with van der Waals surface area (Å²) in [5, 5.41) is 7.26. The molecule has 0 bridgehead atoms. The molecule has 1 aromatic heterocycles. The monoisotopic (exact) mass is 328 g/mol. The molecule has 7 nitrogen and oxygen atoms in total. The lowest BCUT2D eigenvalue weighted by Crippen LogP contribution is -2.30. The minimum atomic E-state index is -0.625. The third-order valence-corrected chi connectivity index (χ3v) is 4.15. The number of nitrogens with one attached hydrogen (secondary N) is 1. The number of aromatic nitrogens is 3. The van der Waals surface area contributed by atoms with Crippen molar-refractivity contribution in [3.05, 3.63) is 0 Å². The van der Waals surface area contributed by atoms with Crippen LogP contribution in [0.3, 0.4) is 0 Å². The molecular formula is C14H24N4O3S. The Bertz CT molecular complexity index is 540. The predicted octanol–water partition coefficient (Wildman–Crippen LogP) is 2.09. The van der Waals surface area contributed by atoms with Crippen LogP contribution in [0.2, 0.25) is 0 Å². The standard InChI is InChI=1S/C14H24N4O3S/c1-9(2)7-21-11(20)14(4,5)8-22-13-16-12(15-10(3)19)17-18(13)6/h9H,7-8H2,1-6H3,(H,15,17,19). The summed E-state index contributed by atoms with van der Waals surface area (Å²) >= 11 is 1.40. The lowest BCUT2D eigenvalue weighted by atomic mass is 9.97. The Labute approximate surface area is 135 Å². The van der Waals surface area contributed by atoms with Crippen LogP contribution in [0.25, 0.3) is 0 Å². The van der Waals surface area contributed by atoms with E-state index in [2.05, 4.69) is 15.4 Å². The van der Waals surface area contributed by atoms with Gasteiger partial charge in [-0.25, -0.2) is 4.68 Å². The van der Waals surface area contributed by atoms with E-state index in [-0.39, 0.29) is 17.8 Å². The number of carbonyl (C=O) groups excluding carboxylic acids is 2. The van der Waals surface area contributed by atoms with Gasteiger partial charge in [0.25, 0.3) is 0 Å². The average Bonchev–Trinajstić information content (AvgIpc) is 2.72. The van der Waals surface area contributed by atoms with Crippen molar-refractivity contribution >= 4 is 29.6 Å². The summed E-state index contributed by atoms with van der Waals surface area (Å²) in [5.41, 5.74) is -0.625. The first-order valence-electron chi connectivity index (χ1n) is 7.10. The summed E-state index contributed by atoms with van der Waals surface area (Å²) < 4.78 is 6.87. The van der Waals surface area contributed by atoms with Crippen LogP contribution in [0.15, 0.2) is 5.16 Å². The molecule has 0 saturated carbocycles. The zero-order valence-corrected chi connectivity index (χ0v) is 14.8. The number of carbonyl (C=O) groups is 2. The molecule has 0 aliphatic rings. The molecule has 0 aliphatic heterocycles. The van der Waals surface area contributed by atoms with Gasteiger partial charge < -0.3 is 4.74 Å². The van der Waals surface area contributed by atoms with Crippen LogP contribution in [0.4, 0.5) is 5.95 Å². The molecule has 0 spiro atoms. The highest BCUT2D eigenvalue weighted by Gasteiger charge is 2.30. The molecular weight excluding hydrogens is 304 g/mol. The van der Waals surface area contributed by atoms with Gasteiger partial charge in [0.05, 0.1) is 12.0 Å². The smallest absolute Gasteiger partial charge is 0.312 e. The van der Waals surface area contributed by atoms with E-state index in [1.165, 1.54) is 18.7 Å². The second-order valence-corrected chi connectivity index (χ2v) is 7.13. The van der Waals surface area contributed by atoms with E-state index < -0.39 is 5.41 Å². The van der Waals surface area contributed by atoms with Crippen molar-refractivity contribution < 1.29 is 14.3 Å². The number of thioether (sulfide) groups is 1. The van der Waals surface area contributed by atoms with Gasteiger partial charge in [-0.1, -0.05) is 25.6 Å². The highest BCUT2D eigenvalue weighted by atomic mass is 32.2. The minimum absolute atomic E-state index is 0.222. The fraction of sp³-hybridized carbons (Fsp3) is 0.714. The summed E-state index contributed by atoms with van der Waals surface area (Å²) in [6.07, 6.45) is 0. The Morgan fingerprint density at radius 1 is 1.41 bits per heavy atom. The van der Waals surface area contributed by atoms with Gasteiger partial charge in [-0.05, 0) is 19.8 Å². The van der Waals surface area contributed by atoms with Crippen LogP contribution in [-0.4, -0.2) is 39.0 Å². The maximum Gasteiger partial charge on any atom is 0.312 e. The first kappa shape index (κ1) is 18.5. The van der Waals surface area contributed by atoms with Gasteiger partial charge >= 0.3 is 5.97 Å². The SMILES string of the molecule is CC(=O)Nc1nc(SCC(C)(C)C(=O)OCC(C)C)n(C)n1. The largest absolute Gasteiger partial charge is 0.465 e. The minimum Gasteiger partial charge on any atom is -0.465 e. The van der Waals surface area contributed by atoms with Crippen LogP contribution in [0.5, 0.6) is 0 Å². The Morgan fingerprint density at radius 3 is 2.59 bits per heavy atom. The van der Waals surface area contributed by atoms with Gasteiger partial charge in [-0.2, -0.15) is 4.98 Å². The summed E-state index contributed by atoms with van der Waals surface area (Å²) in [4.78, 5) is 27.3. The molecule has 0 aromatic carbocycles. The van der Waals surface area contributed by atoms with Crippen molar-refractivity contribution in [3.63, 3.8) is 0 Å². The summed E-state index contributed by atoms with van der Waals surface area (Å²) in [5.74, 6) is 0.637. The molecule has 0 unspecified atom stereocenters. The number of nitrogens with zero attached hydrogens (tertiary/aromatic N) is 3. The maximum absolute atomic E-state index is 12.1. The Balaban J connectivity index is 2.62. The predicted molar refractivity (Wildman–Crippen MR) is 85.6 cm³/mol. The fourth-order valence-electron chi connectivity index (χ4n) is 1.45. The van der Waals surface area contributed by atoms with Crippen LogP contribution >= 0.6 is 11.8 Å². The van der Waals surface area contributed by atoms with E-state index >= 15 is 0 Å². The van der Waals surface area contributed by atoms with Crippen molar-refractivity contribution in [2.24, 2.45) is 18.4 Å². The van der Waals surface area contributed by atoms with E-state index in [0.29, 0.717) is 23.4 Å². The van der Waals surface area contributed by atoms with Gasteiger partial charge in [0.1, 0.15) is 0 Å². The molecule has 1 amide bonds. The number of esters is 1. The zero-order valence-electron chi connectivity index (χ0n) is 14.0. The second-order valence-electron chi connectivity index (χ2n) is 6.19. The molecule has 0 aliphatic carbocycles. The molecule has 8 heteroatoms. The Kier molecular flexibility index (Phi) is 6.40. The third kappa shape index (κ3) is 5.67. The van der Waals surface area contributed by atoms with E-state index in [9.17, 15) is 9.59 Å². The number of rotatable bonds is 7. The molecule has 1 rings (SSSR count). The summed E-state index contributed by atoms with van der Waals surface area (Å²) in [6.45, 7) is 9.50. The topological polar surface area (TPSA) is 86.1 Å². The van der Waals surface area contributed by atoms with E-state index in [0.717, 1.165) is 0 Å². The molecule has 0 atom stereocenters. The summed E-state index contributed by atoms with van der Waals surface area (Å²) in [6, 6.07) is 0. The van der Waals surface area contributed by atoms with E-state index in [4.69, 9.17) is 4.74 Å². The molecule has 22 heavy (non-hydrogen) atoms. The van der Waals surface area contributed by atoms with Crippen molar-refractivity contribution in [1.82, 2.24) is 14.8 Å². The second kappa shape index (κ2) is 7.62. The zero-order chi connectivity index (χ0) is 16.9. The number of amides is 1. The van der Waals surface area contributed by atoms with Crippen molar-refractivity contribution in [1.29, 1.82) is 0 Å². The summed E-state index contributed by atoms with van der Waals surface area (Å²) in [7, 11) is 1.74. The number of hydrogen-bond acceptors (Lipinski definition) is 6. The third-order valence-electron chi connectivity index (χ3n) is 2.67. The van der Waals surface area contributed by atoms with Gasteiger partial charge in [-0.15, -0.1) is 5.10 Å². The van der Waals surface area contributed by atoms with Crippen LogP contribution < -0.4 is 5.32 Å². The Hall–Kier alpha value is -1.57. The molecule has 0 saturated heterocycles. The van der Waals surface area contributed by atoms with E-state index in [1.54, 1.807) is 11.7 Å². The average molecular weight is 328 g/mol. The lowest BCUT2D eigenvalue weighted by Gasteiger charge is -2.22. The molecule has 0 radical (unpaired) electrons. The Morgan fingerprint density at radius 2 is 2.05 bits per heavy atom. The van der Waals surface area contributed by atoms with Crippen LogP contribution in [0, 0.1) is 11.3 Å². The first-order chi connectivity index (χ1) is 10.1. The molecule has 1 N–H and O–H groups in total. The first-order valence-corrected chi connectivity index (χ1v) is 8.09. The van der Waals surface area contributed by atoms with Crippen molar-refractivity contribution in [2.45, 2.75) is 39.8 Å². The van der Waals surface area contributed by atoms with Gasteiger partial charge in [0.2, 0.25) is 11.9 Å². The maximum atomic E-state index is 12.1. The number of aryl methyl sites for hydroxylation is 1. The molecule has 0 fully saturated rings. The quantitative estimate of drug-likeness (QED) is 0.609. The molecule has 1 aromatic rings. The molecule has 1 heterocycles. The number of ether oxygens (including phenoxy) is 1. The number of hydrogen-bond donors (Lipinski definition) is 1. The van der Waals surface area contributed by atoms with Crippen LogP contribution in [0.1, 0.15) is 34.6 Å². The van der Waals surface area contributed by atoms with Gasteiger partial charge in [-0.3, -0.25) is 14.9 Å².